The Morgan fingerprint density at radius 1 is 0.242 bits per heavy atom. The van der Waals surface area contributed by atoms with Gasteiger partial charge in [-0.3, -0.25) is 0 Å². The van der Waals surface area contributed by atoms with Crippen molar-refractivity contribution in [2.45, 2.75) is 0 Å². The molecule has 290 valence electrons. The molecule has 0 radical (unpaired) electrons. The van der Waals surface area contributed by atoms with Crippen molar-refractivity contribution in [2.24, 2.45) is 0 Å². The Morgan fingerprint density at radius 3 is 1.10 bits per heavy atom. The first-order valence-electron chi connectivity index (χ1n) is 20.8. The minimum Gasteiger partial charge on any atom is -0.456 e. The van der Waals surface area contributed by atoms with Crippen LogP contribution in [0.15, 0.2) is 221 Å². The van der Waals surface area contributed by atoms with Crippen LogP contribution >= 0.6 is 0 Å². The third-order valence-electron chi connectivity index (χ3n) is 11.8. The number of furan rings is 2. The summed E-state index contributed by atoms with van der Waals surface area (Å²) in [6.45, 7) is 0. The zero-order valence-electron chi connectivity index (χ0n) is 33.4. The lowest BCUT2D eigenvalue weighted by Gasteiger charge is -2.15. The van der Waals surface area contributed by atoms with E-state index >= 15 is 0 Å². The topological polar surface area (TPSA) is 65.0 Å². The van der Waals surface area contributed by atoms with Crippen LogP contribution in [-0.2, 0) is 0 Å². The molecular formula is C57H35N3O2. The molecule has 0 aliphatic rings. The molecule has 0 bridgehead atoms. The lowest BCUT2D eigenvalue weighted by Crippen LogP contribution is -2.02. The van der Waals surface area contributed by atoms with E-state index in [2.05, 4.69) is 170 Å². The van der Waals surface area contributed by atoms with Crippen molar-refractivity contribution in [3.05, 3.63) is 212 Å². The molecule has 5 heteroatoms. The molecule has 0 fully saturated rings. The Morgan fingerprint density at radius 2 is 0.613 bits per heavy atom. The molecular weight excluding hydrogens is 759 g/mol. The SMILES string of the molecule is c1ccc(-c2ccc3oc4cccc(-c5nc(-c6ccccc6-c6ccccc6-c6ccccc6)nc(-c6cccc7oc8ccc(-c9ccccc9)cc8c67)n5)c4c3c2)cc1. The largest absolute Gasteiger partial charge is 0.456 e. The van der Waals surface area contributed by atoms with Gasteiger partial charge in [0.15, 0.2) is 17.5 Å². The Labute approximate surface area is 357 Å². The number of aromatic nitrogens is 3. The summed E-state index contributed by atoms with van der Waals surface area (Å²) in [6.07, 6.45) is 0. The third kappa shape index (κ3) is 6.06. The molecule has 9 aromatic carbocycles. The fraction of sp³-hybridized carbons (Fsp3) is 0. The second-order valence-corrected chi connectivity index (χ2v) is 15.5. The Hall–Kier alpha value is -8.41. The lowest BCUT2D eigenvalue weighted by atomic mass is 9.91. The summed E-state index contributed by atoms with van der Waals surface area (Å²) in [4.78, 5) is 16.2. The van der Waals surface area contributed by atoms with Crippen LogP contribution in [0.1, 0.15) is 0 Å². The number of hydrogen-bond acceptors (Lipinski definition) is 5. The van der Waals surface area contributed by atoms with Gasteiger partial charge in [0.1, 0.15) is 22.3 Å². The number of nitrogens with zero attached hydrogens (tertiary/aromatic N) is 3. The monoisotopic (exact) mass is 793 g/mol. The molecule has 0 unspecified atom stereocenters. The maximum atomic E-state index is 6.53. The molecule has 0 aliphatic carbocycles. The summed E-state index contributed by atoms with van der Waals surface area (Å²) in [5.74, 6) is 1.65. The lowest BCUT2D eigenvalue weighted by molar-refractivity contribution is 0.668. The first-order chi connectivity index (χ1) is 30.7. The van der Waals surface area contributed by atoms with E-state index in [1.165, 1.54) is 0 Å². The van der Waals surface area contributed by atoms with Crippen LogP contribution in [0.3, 0.4) is 0 Å². The standard InChI is InChI=1S/C57H35N3O2/c1-4-16-36(17-5-1)39-30-32-49-47(34-39)53-45(26-14-28-51(53)61-49)56-58-55(44-25-13-12-24-43(44)42-23-11-10-22-41(42)38-20-8-3-9-21-38)59-57(60-56)46-27-15-29-52-54(46)48-35-40(31-33-50(48)62-52)37-18-6-2-7-19-37/h1-35H. The summed E-state index contributed by atoms with van der Waals surface area (Å²) in [7, 11) is 0. The maximum Gasteiger partial charge on any atom is 0.164 e. The summed E-state index contributed by atoms with van der Waals surface area (Å²) >= 11 is 0. The highest BCUT2D eigenvalue weighted by Gasteiger charge is 2.23. The Bertz CT molecular complexity index is 3450. The van der Waals surface area contributed by atoms with Gasteiger partial charge in [-0.1, -0.05) is 176 Å². The highest BCUT2D eigenvalue weighted by molar-refractivity contribution is 6.14. The van der Waals surface area contributed by atoms with Crippen LogP contribution in [0.25, 0.3) is 123 Å². The van der Waals surface area contributed by atoms with E-state index in [-0.39, 0.29) is 0 Å². The first kappa shape index (κ1) is 35.5. The van der Waals surface area contributed by atoms with Crippen LogP contribution in [0.4, 0.5) is 0 Å². The minimum absolute atomic E-state index is 0.546. The molecule has 3 aromatic heterocycles. The second-order valence-electron chi connectivity index (χ2n) is 15.5. The Kier molecular flexibility index (Phi) is 8.42. The predicted molar refractivity (Wildman–Crippen MR) is 252 cm³/mol. The number of rotatable bonds is 7. The molecule has 0 atom stereocenters. The fourth-order valence-electron chi connectivity index (χ4n) is 8.88. The van der Waals surface area contributed by atoms with E-state index < -0.39 is 0 Å². The molecule has 0 saturated carbocycles. The van der Waals surface area contributed by atoms with Gasteiger partial charge in [-0.25, -0.2) is 15.0 Å². The molecule has 62 heavy (non-hydrogen) atoms. The van der Waals surface area contributed by atoms with Gasteiger partial charge in [-0.2, -0.15) is 0 Å². The van der Waals surface area contributed by atoms with Crippen molar-refractivity contribution in [3.8, 4) is 78.7 Å². The molecule has 0 N–H and O–H groups in total. The van der Waals surface area contributed by atoms with Crippen LogP contribution in [0.5, 0.6) is 0 Å². The van der Waals surface area contributed by atoms with Gasteiger partial charge >= 0.3 is 0 Å². The van der Waals surface area contributed by atoms with Crippen molar-refractivity contribution in [3.63, 3.8) is 0 Å². The molecule has 0 spiro atoms. The van der Waals surface area contributed by atoms with Gasteiger partial charge in [0.05, 0.1) is 0 Å². The van der Waals surface area contributed by atoms with Crippen molar-refractivity contribution in [1.29, 1.82) is 0 Å². The minimum atomic E-state index is 0.546. The molecule has 12 rings (SSSR count). The third-order valence-corrected chi connectivity index (χ3v) is 11.8. The summed E-state index contributed by atoms with van der Waals surface area (Å²) < 4.78 is 13.1. The molecule has 3 heterocycles. The fourth-order valence-corrected chi connectivity index (χ4v) is 8.88. The highest BCUT2D eigenvalue weighted by Crippen LogP contribution is 2.43. The van der Waals surface area contributed by atoms with Crippen molar-refractivity contribution in [1.82, 2.24) is 15.0 Å². The summed E-state index contributed by atoms with van der Waals surface area (Å²) in [5, 5.41) is 3.89. The van der Waals surface area contributed by atoms with E-state index in [4.69, 9.17) is 23.8 Å². The average Bonchev–Trinajstić information content (AvgIpc) is 3.93. The highest BCUT2D eigenvalue weighted by atomic mass is 16.3. The molecule has 0 amide bonds. The normalized spacial score (nSPS) is 11.5. The van der Waals surface area contributed by atoms with Gasteiger partial charge < -0.3 is 8.83 Å². The van der Waals surface area contributed by atoms with Crippen LogP contribution in [-0.4, -0.2) is 15.0 Å². The van der Waals surface area contributed by atoms with E-state index in [0.29, 0.717) is 17.5 Å². The van der Waals surface area contributed by atoms with Crippen molar-refractivity contribution >= 4 is 43.9 Å². The molecule has 0 saturated heterocycles. The quantitative estimate of drug-likeness (QED) is 0.161. The van der Waals surface area contributed by atoms with Gasteiger partial charge in [0.2, 0.25) is 0 Å². The summed E-state index contributed by atoms with van der Waals surface area (Å²) in [5.41, 5.74) is 14.6. The van der Waals surface area contributed by atoms with E-state index in [1.807, 2.05) is 42.5 Å². The van der Waals surface area contributed by atoms with E-state index in [9.17, 15) is 0 Å². The molecule has 0 aliphatic heterocycles. The number of benzene rings is 9. The van der Waals surface area contributed by atoms with Crippen molar-refractivity contribution in [2.75, 3.05) is 0 Å². The maximum absolute atomic E-state index is 6.53. The average molecular weight is 794 g/mol. The first-order valence-corrected chi connectivity index (χ1v) is 20.8. The van der Waals surface area contributed by atoms with Gasteiger partial charge in [0.25, 0.3) is 0 Å². The number of hydrogen-bond donors (Lipinski definition) is 0. The molecule has 5 nitrogen and oxygen atoms in total. The van der Waals surface area contributed by atoms with Gasteiger partial charge in [-0.05, 0) is 80.9 Å². The predicted octanol–water partition coefficient (Wildman–Crippen LogP) is 15.3. The zero-order valence-corrected chi connectivity index (χ0v) is 33.4. The van der Waals surface area contributed by atoms with Gasteiger partial charge in [-0.15, -0.1) is 0 Å². The smallest absolute Gasteiger partial charge is 0.164 e. The Balaban J connectivity index is 1.13. The van der Waals surface area contributed by atoms with E-state index in [1.54, 1.807) is 0 Å². The molecule has 12 aromatic rings. The van der Waals surface area contributed by atoms with Crippen molar-refractivity contribution < 1.29 is 8.83 Å². The zero-order chi connectivity index (χ0) is 41.0. The van der Waals surface area contributed by atoms with Crippen LogP contribution in [0, 0.1) is 0 Å². The summed E-state index contributed by atoms with van der Waals surface area (Å²) in [6, 6.07) is 73.3. The second kappa shape index (κ2) is 14.7. The van der Waals surface area contributed by atoms with Crippen LogP contribution < -0.4 is 0 Å². The van der Waals surface area contributed by atoms with Crippen LogP contribution in [0.2, 0.25) is 0 Å². The van der Waals surface area contributed by atoms with Gasteiger partial charge in [0, 0.05) is 38.2 Å². The van der Waals surface area contributed by atoms with E-state index in [0.717, 1.165) is 105 Å². The number of fused-ring (bicyclic) bond motifs is 6.